The number of aromatic nitrogens is 2. The van der Waals surface area contributed by atoms with Crippen molar-refractivity contribution in [1.82, 2.24) is 15.1 Å². The van der Waals surface area contributed by atoms with E-state index in [0.717, 1.165) is 28.3 Å². The molecule has 2 aliphatic heterocycles. The monoisotopic (exact) mass is 405 g/mol. The number of ether oxygens (including phenoxy) is 1. The highest BCUT2D eigenvalue weighted by Gasteiger charge is 2.30. The van der Waals surface area contributed by atoms with Gasteiger partial charge in [0.2, 0.25) is 0 Å². The molecule has 3 aromatic rings. The Hall–Kier alpha value is -3.88. The Kier molecular flexibility index (Phi) is 4.35. The van der Waals surface area contributed by atoms with Crippen molar-refractivity contribution in [3.8, 4) is 17.0 Å². The molecule has 9 heteroatoms. The average Bonchev–Trinajstić information content (AvgIpc) is 3.23. The van der Waals surface area contributed by atoms with Crippen molar-refractivity contribution in [3.63, 3.8) is 0 Å². The van der Waals surface area contributed by atoms with Gasteiger partial charge in [-0.15, -0.1) is 0 Å². The molecule has 2 aliphatic rings. The SMILES string of the molecule is O=C(c1[nH]nc2c1COc1ccccc1-2)N1CCN(c2ccc([N+](=O)[O-])cc2)CC1. The first-order valence-corrected chi connectivity index (χ1v) is 9.70. The van der Waals surface area contributed by atoms with Gasteiger partial charge in [-0.05, 0) is 24.3 Å². The van der Waals surface area contributed by atoms with Gasteiger partial charge in [0.25, 0.3) is 11.6 Å². The van der Waals surface area contributed by atoms with Crippen molar-refractivity contribution in [2.75, 3.05) is 31.1 Å². The number of non-ortho nitro benzene ring substituents is 1. The highest BCUT2D eigenvalue weighted by Crippen LogP contribution is 2.37. The summed E-state index contributed by atoms with van der Waals surface area (Å²) in [6.45, 7) is 2.73. The molecule has 1 fully saturated rings. The van der Waals surface area contributed by atoms with E-state index < -0.39 is 4.92 Å². The van der Waals surface area contributed by atoms with Crippen LogP contribution in [0, 0.1) is 10.1 Å². The number of nitrogens with one attached hydrogen (secondary N) is 1. The number of nitro groups is 1. The molecule has 0 saturated carbocycles. The number of benzene rings is 2. The summed E-state index contributed by atoms with van der Waals surface area (Å²) in [5.74, 6) is 0.683. The lowest BCUT2D eigenvalue weighted by Crippen LogP contribution is -2.49. The van der Waals surface area contributed by atoms with E-state index in [9.17, 15) is 14.9 Å². The van der Waals surface area contributed by atoms with Gasteiger partial charge < -0.3 is 14.5 Å². The Morgan fingerprint density at radius 1 is 1.07 bits per heavy atom. The largest absolute Gasteiger partial charge is 0.488 e. The molecular formula is C21H19N5O4. The van der Waals surface area contributed by atoms with Crippen LogP contribution in [0.25, 0.3) is 11.3 Å². The van der Waals surface area contributed by atoms with Crippen LogP contribution in [-0.4, -0.2) is 52.1 Å². The summed E-state index contributed by atoms with van der Waals surface area (Å²) >= 11 is 0. The summed E-state index contributed by atoms with van der Waals surface area (Å²) in [4.78, 5) is 27.4. The fourth-order valence-corrected chi connectivity index (χ4v) is 3.95. The Morgan fingerprint density at radius 3 is 2.53 bits per heavy atom. The molecule has 0 atom stereocenters. The van der Waals surface area contributed by atoms with Crippen molar-refractivity contribution in [1.29, 1.82) is 0 Å². The predicted molar refractivity (Wildman–Crippen MR) is 110 cm³/mol. The number of fused-ring (bicyclic) bond motifs is 3. The second-order valence-corrected chi connectivity index (χ2v) is 7.26. The Balaban J connectivity index is 1.29. The predicted octanol–water partition coefficient (Wildman–Crippen LogP) is 2.84. The van der Waals surface area contributed by atoms with Crippen molar-refractivity contribution in [3.05, 3.63) is 69.9 Å². The summed E-state index contributed by atoms with van der Waals surface area (Å²) in [5, 5.41) is 18.1. The van der Waals surface area contributed by atoms with Crippen molar-refractivity contribution >= 4 is 17.3 Å². The molecule has 152 valence electrons. The van der Waals surface area contributed by atoms with Gasteiger partial charge in [-0.2, -0.15) is 5.10 Å². The third-order valence-electron chi connectivity index (χ3n) is 5.59. The smallest absolute Gasteiger partial charge is 0.272 e. The van der Waals surface area contributed by atoms with Crippen LogP contribution in [0.4, 0.5) is 11.4 Å². The van der Waals surface area contributed by atoms with Gasteiger partial charge in [-0.25, -0.2) is 0 Å². The molecule has 5 rings (SSSR count). The fourth-order valence-electron chi connectivity index (χ4n) is 3.95. The molecule has 1 amide bonds. The molecule has 1 N–H and O–H groups in total. The minimum Gasteiger partial charge on any atom is -0.488 e. The van der Waals surface area contributed by atoms with E-state index in [1.165, 1.54) is 12.1 Å². The number of amides is 1. The maximum Gasteiger partial charge on any atom is 0.272 e. The zero-order valence-electron chi connectivity index (χ0n) is 16.1. The number of hydrogen-bond donors (Lipinski definition) is 1. The van der Waals surface area contributed by atoms with E-state index in [0.29, 0.717) is 38.5 Å². The normalized spacial score (nSPS) is 15.2. The van der Waals surface area contributed by atoms with E-state index in [1.807, 2.05) is 24.3 Å². The highest BCUT2D eigenvalue weighted by molar-refractivity contribution is 5.96. The van der Waals surface area contributed by atoms with Crippen LogP contribution in [0.5, 0.6) is 5.75 Å². The standard InChI is InChI=1S/C21H19N5O4/c27-21(20-17-13-30-18-4-2-1-3-16(18)19(17)22-23-20)25-11-9-24(10-12-25)14-5-7-15(8-6-14)26(28)29/h1-8H,9-13H2,(H,22,23). The maximum absolute atomic E-state index is 13.1. The Morgan fingerprint density at radius 2 is 1.80 bits per heavy atom. The first-order valence-electron chi connectivity index (χ1n) is 9.70. The lowest BCUT2D eigenvalue weighted by atomic mass is 10.0. The molecule has 30 heavy (non-hydrogen) atoms. The second-order valence-electron chi connectivity index (χ2n) is 7.26. The third kappa shape index (κ3) is 3.04. The number of carbonyl (C=O) groups is 1. The van der Waals surface area contributed by atoms with Gasteiger partial charge in [0.1, 0.15) is 23.7 Å². The topological polar surface area (TPSA) is 105 Å². The Bertz CT molecular complexity index is 1120. The van der Waals surface area contributed by atoms with E-state index >= 15 is 0 Å². The number of piperazine rings is 1. The van der Waals surface area contributed by atoms with Gasteiger partial charge in [0, 0.05) is 55.1 Å². The molecule has 0 aliphatic carbocycles. The van der Waals surface area contributed by atoms with Gasteiger partial charge in [-0.3, -0.25) is 20.0 Å². The summed E-state index contributed by atoms with van der Waals surface area (Å²) in [7, 11) is 0. The number of carbonyl (C=O) groups excluding carboxylic acids is 1. The molecule has 1 aromatic heterocycles. The van der Waals surface area contributed by atoms with Crippen molar-refractivity contribution in [2.24, 2.45) is 0 Å². The van der Waals surface area contributed by atoms with Gasteiger partial charge >= 0.3 is 0 Å². The summed E-state index contributed by atoms with van der Waals surface area (Å²) in [5.41, 5.74) is 3.90. The number of H-pyrrole nitrogens is 1. The van der Waals surface area contributed by atoms with E-state index in [4.69, 9.17) is 4.74 Å². The summed E-state index contributed by atoms with van der Waals surface area (Å²) in [6, 6.07) is 14.2. The van der Waals surface area contributed by atoms with Crippen molar-refractivity contribution < 1.29 is 14.5 Å². The minimum atomic E-state index is -0.409. The molecule has 0 unspecified atom stereocenters. The van der Waals surface area contributed by atoms with E-state index in [-0.39, 0.29) is 11.6 Å². The number of hydrogen-bond acceptors (Lipinski definition) is 6. The first-order chi connectivity index (χ1) is 14.6. The zero-order chi connectivity index (χ0) is 20.7. The van der Waals surface area contributed by atoms with Gasteiger partial charge in [-0.1, -0.05) is 12.1 Å². The van der Waals surface area contributed by atoms with Crippen LogP contribution >= 0.6 is 0 Å². The quantitative estimate of drug-likeness (QED) is 0.531. The minimum absolute atomic E-state index is 0.0698. The van der Waals surface area contributed by atoms with Crippen LogP contribution < -0.4 is 9.64 Å². The van der Waals surface area contributed by atoms with Crippen LogP contribution in [-0.2, 0) is 6.61 Å². The number of para-hydroxylation sites is 1. The zero-order valence-corrected chi connectivity index (χ0v) is 16.1. The lowest BCUT2D eigenvalue weighted by molar-refractivity contribution is -0.384. The van der Waals surface area contributed by atoms with Gasteiger partial charge in [0.15, 0.2) is 0 Å². The highest BCUT2D eigenvalue weighted by atomic mass is 16.6. The number of nitro benzene ring substituents is 1. The van der Waals surface area contributed by atoms with E-state index in [2.05, 4.69) is 15.1 Å². The molecule has 0 spiro atoms. The third-order valence-corrected chi connectivity index (χ3v) is 5.59. The number of rotatable bonds is 3. The van der Waals surface area contributed by atoms with Crippen molar-refractivity contribution in [2.45, 2.75) is 6.61 Å². The number of aromatic amines is 1. The average molecular weight is 405 g/mol. The molecule has 2 aromatic carbocycles. The van der Waals surface area contributed by atoms with Crippen LogP contribution in [0.15, 0.2) is 48.5 Å². The molecule has 3 heterocycles. The first kappa shape index (κ1) is 18.2. The maximum atomic E-state index is 13.1. The fraction of sp³-hybridized carbons (Fsp3) is 0.238. The molecule has 0 radical (unpaired) electrons. The van der Waals surface area contributed by atoms with Crippen LogP contribution in [0.3, 0.4) is 0 Å². The molecule has 1 saturated heterocycles. The number of anilines is 1. The van der Waals surface area contributed by atoms with Crippen LogP contribution in [0.2, 0.25) is 0 Å². The molecule has 0 bridgehead atoms. The second kappa shape index (κ2) is 7.18. The van der Waals surface area contributed by atoms with E-state index in [1.54, 1.807) is 17.0 Å². The Labute approximate surface area is 172 Å². The van der Waals surface area contributed by atoms with Gasteiger partial charge in [0.05, 0.1) is 4.92 Å². The summed E-state index contributed by atoms with van der Waals surface area (Å²) in [6.07, 6.45) is 0. The van der Waals surface area contributed by atoms with Crippen LogP contribution in [0.1, 0.15) is 16.1 Å². The lowest BCUT2D eigenvalue weighted by Gasteiger charge is -2.36. The molecular weight excluding hydrogens is 386 g/mol. The summed E-state index contributed by atoms with van der Waals surface area (Å²) < 4.78 is 5.80. The number of nitrogens with zero attached hydrogens (tertiary/aromatic N) is 4. The molecule has 9 nitrogen and oxygen atoms in total.